The molecule has 0 saturated carbocycles. The molecule has 3 aromatic carbocycles. The van der Waals surface area contributed by atoms with Crippen LogP contribution in [-0.2, 0) is 14.3 Å². The summed E-state index contributed by atoms with van der Waals surface area (Å²) in [5.74, 6) is 1.65. The normalized spacial score (nSPS) is 11.8. The molecule has 232 valence electrons. The van der Waals surface area contributed by atoms with Crippen LogP contribution in [-0.4, -0.2) is 57.8 Å². The molecule has 1 amide bonds. The van der Waals surface area contributed by atoms with Gasteiger partial charge in [-0.15, -0.1) is 0 Å². The molecule has 8 nitrogen and oxygen atoms in total. The van der Waals surface area contributed by atoms with Crippen molar-refractivity contribution < 1.29 is 57.3 Å². The van der Waals surface area contributed by atoms with Crippen LogP contribution in [0.15, 0.2) is 85.5 Å². The van der Waals surface area contributed by atoms with Crippen molar-refractivity contribution in [2.24, 2.45) is 0 Å². The van der Waals surface area contributed by atoms with E-state index in [-0.39, 0.29) is 37.0 Å². The molecule has 1 unspecified atom stereocenters. The van der Waals surface area contributed by atoms with Gasteiger partial charge < -0.3 is 53.0 Å². The Hall–Kier alpha value is -3.30. The molecule has 0 spiro atoms. The van der Waals surface area contributed by atoms with E-state index in [9.17, 15) is 9.59 Å². The number of rotatable bonds is 13. The number of amides is 1. The first-order valence-corrected chi connectivity index (χ1v) is 15.6. The van der Waals surface area contributed by atoms with Gasteiger partial charge in [0.1, 0.15) is 58.7 Å². The van der Waals surface area contributed by atoms with Gasteiger partial charge in [-0.3, -0.25) is 0 Å². The molecule has 1 atom stereocenters. The van der Waals surface area contributed by atoms with E-state index in [1.165, 1.54) is 6.08 Å². The maximum atomic E-state index is 13.2. The maximum absolute atomic E-state index is 13.2. The van der Waals surface area contributed by atoms with Crippen molar-refractivity contribution in [3.63, 3.8) is 0 Å². The molecule has 0 heterocycles. The second kappa shape index (κ2) is 16.5. The lowest BCUT2D eigenvalue weighted by molar-refractivity contribution is -0.145. The SMILES string of the molecule is C=CCOC(=O)C(CC[P+](c1ccc(OC)cc1)(c1ccc(OC)cc1)c1ccc(OC)cc1)NC(=O)OC(C)(C)C.[I-]. The molecule has 0 fully saturated rings. The zero-order valence-corrected chi connectivity index (χ0v) is 28.6. The van der Waals surface area contributed by atoms with Crippen molar-refractivity contribution in [1.29, 1.82) is 0 Å². The minimum atomic E-state index is -2.43. The lowest BCUT2D eigenvalue weighted by Crippen LogP contribution is -3.00. The standard InChI is InChI=1S/C33H40NO7P.HI/c1-8-22-40-31(35)30(34-32(36)41-33(2,3)4)21-23-42(27-15-9-24(37-5)10-16-27,28-17-11-25(38-6)12-18-28)29-19-13-26(39-7)14-20-29;/h8-20,30H,1,21-23H2,2-7H3;1H. The van der Waals surface area contributed by atoms with Gasteiger partial charge >= 0.3 is 12.1 Å². The highest BCUT2D eigenvalue weighted by molar-refractivity contribution is 7.95. The number of hydrogen-bond acceptors (Lipinski definition) is 7. The van der Waals surface area contributed by atoms with Crippen molar-refractivity contribution in [2.45, 2.75) is 38.8 Å². The van der Waals surface area contributed by atoms with Gasteiger partial charge in [0.25, 0.3) is 0 Å². The predicted molar refractivity (Wildman–Crippen MR) is 169 cm³/mol. The van der Waals surface area contributed by atoms with Gasteiger partial charge in [-0.05, 0) is 93.6 Å². The van der Waals surface area contributed by atoms with Crippen LogP contribution in [0.25, 0.3) is 0 Å². The highest BCUT2D eigenvalue weighted by atomic mass is 127. The van der Waals surface area contributed by atoms with Crippen LogP contribution in [0.1, 0.15) is 27.2 Å². The molecule has 0 radical (unpaired) electrons. The molecule has 1 N–H and O–H groups in total. The first kappa shape index (κ1) is 35.9. The summed E-state index contributed by atoms with van der Waals surface area (Å²) in [6.45, 7) is 8.97. The number of methoxy groups -OCH3 is 3. The van der Waals surface area contributed by atoms with Crippen LogP contribution >= 0.6 is 7.26 Å². The van der Waals surface area contributed by atoms with Crippen molar-refractivity contribution in [3.05, 3.63) is 85.5 Å². The summed E-state index contributed by atoms with van der Waals surface area (Å²) >= 11 is 0. The van der Waals surface area contributed by atoms with Gasteiger partial charge in [-0.1, -0.05) is 12.7 Å². The Morgan fingerprint density at radius 1 is 0.791 bits per heavy atom. The topological polar surface area (TPSA) is 92.3 Å². The Morgan fingerprint density at radius 3 is 1.51 bits per heavy atom. The minimum absolute atomic E-state index is 0. The molecule has 0 aliphatic carbocycles. The van der Waals surface area contributed by atoms with Crippen LogP contribution in [0.5, 0.6) is 17.2 Å². The number of halogens is 1. The van der Waals surface area contributed by atoms with E-state index in [0.29, 0.717) is 6.16 Å². The summed E-state index contributed by atoms with van der Waals surface area (Å²) in [4.78, 5) is 26.0. The summed E-state index contributed by atoms with van der Waals surface area (Å²) in [5.41, 5.74) is -0.730. The van der Waals surface area contributed by atoms with Crippen molar-refractivity contribution in [3.8, 4) is 17.2 Å². The Balaban J connectivity index is 0.00000645. The molecule has 0 aliphatic heterocycles. The number of alkyl carbamates (subject to hydrolysis) is 1. The molecule has 0 aliphatic rings. The number of benzene rings is 3. The largest absolute Gasteiger partial charge is 1.00 e. The lowest BCUT2D eigenvalue weighted by atomic mass is 10.2. The smallest absolute Gasteiger partial charge is 0.408 e. The fraction of sp³-hybridized carbons (Fsp3) is 0.333. The Kier molecular flexibility index (Phi) is 13.8. The monoisotopic (exact) mass is 721 g/mol. The summed E-state index contributed by atoms with van der Waals surface area (Å²) in [7, 11) is 2.46. The highest BCUT2D eigenvalue weighted by Gasteiger charge is 2.46. The second-order valence-electron chi connectivity index (χ2n) is 10.5. The predicted octanol–water partition coefficient (Wildman–Crippen LogP) is 2.02. The van der Waals surface area contributed by atoms with Crippen molar-refractivity contribution in [2.75, 3.05) is 34.1 Å². The van der Waals surface area contributed by atoms with E-state index in [0.717, 1.165) is 33.2 Å². The number of esters is 1. The fourth-order valence-electron chi connectivity index (χ4n) is 4.61. The van der Waals surface area contributed by atoms with E-state index in [1.807, 2.05) is 36.4 Å². The summed E-state index contributed by atoms with van der Waals surface area (Å²) < 4.78 is 27.2. The van der Waals surface area contributed by atoms with Crippen LogP contribution in [0.3, 0.4) is 0 Å². The zero-order valence-electron chi connectivity index (χ0n) is 25.6. The summed E-state index contributed by atoms with van der Waals surface area (Å²) in [6.07, 6.45) is 1.62. The second-order valence-corrected chi connectivity index (χ2v) is 14.1. The molecular formula is C33H41INO7P. The molecule has 3 aromatic rings. The number of carbonyl (C=O) groups is 2. The Labute approximate surface area is 272 Å². The van der Waals surface area contributed by atoms with E-state index in [2.05, 4.69) is 48.3 Å². The van der Waals surface area contributed by atoms with E-state index in [1.54, 1.807) is 42.1 Å². The van der Waals surface area contributed by atoms with Gasteiger partial charge in [0.05, 0.1) is 27.5 Å². The molecular weight excluding hydrogens is 680 g/mol. The number of nitrogens with one attached hydrogen (secondary N) is 1. The fourth-order valence-corrected chi connectivity index (χ4v) is 8.90. The number of carbonyl (C=O) groups excluding carboxylic acids is 2. The third-order valence-corrected chi connectivity index (χ3v) is 11.1. The van der Waals surface area contributed by atoms with E-state index in [4.69, 9.17) is 23.7 Å². The average molecular weight is 722 g/mol. The molecule has 43 heavy (non-hydrogen) atoms. The van der Waals surface area contributed by atoms with Crippen LogP contribution in [0.2, 0.25) is 0 Å². The van der Waals surface area contributed by atoms with Gasteiger partial charge in [0, 0.05) is 6.42 Å². The third kappa shape index (κ3) is 9.60. The molecule has 0 aromatic heterocycles. The van der Waals surface area contributed by atoms with Gasteiger partial charge in [-0.25, -0.2) is 9.59 Å². The molecule has 10 heteroatoms. The van der Waals surface area contributed by atoms with E-state index >= 15 is 0 Å². The lowest BCUT2D eigenvalue weighted by Gasteiger charge is -2.30. The minimum Gasteiger partial charge on any atom is -1.00 e. The zero-order chi connectivity index (χ0) is 30.8. The Morgan fingerprint density at radius 2 is 1.19 bits per heavy atom. The maximum Gasteiger partial charge on any atom is 0.408 e. The van der Waals surface area contributed by atoms with E-state index < -0.39 is 31.0 Å². The average Bonchev–Trinajstić information content (AvgIpc) is 2.99. The van der Waals surface area contributed by atoms with Crippen LogP contribution < -0.4 is 59.4 Å². The van der Waals surface area contributed by atoms with Gasteiger partial charge in [-0.2, -0.15) is 0 Å². The first-order chi connectivity index (χ1) is 20.1. The number of hydrogen-bond donors (Lipinski definition) is 1. The van der Waals surface area contributed by atoms with Crippen LogP contribution in [0, 0.1) is 0 Å². The van der Waals surface area contributed by atoms with Crippen molar-refractivity contribution in [1.82, 2.24) is 5.32 Å². The van der Waals surface area contributed by atoms with Crippen molar-refractivity contribution >= 4 is 35.2 Å². The molecule has 3 rings (SSSR count). The summed E-state index contributed by atoms with van der Waals surface area (Å²) in [6, 6.07) is 23.0. The Bertz CT molecular complexity index is 1210. The number of ether oxygens (including phenoxy) is 5. The van der Waals surface area contributed by atoms with Gasteiger partial charge in [0.2, 0.25) is 0 Å². The highest BCUT2D eigenvalue weighted by Crippen LogP contribution is 2.56. The molecule has 0 bridgehead atoms. The van der Waals surface area contributed by atoms with Crippen LogP contribution in [0.4, 0.5) is 4.79 Å². The van der Waals surface area contributed by atoms with Gasteiger partial charge in [0.15, 0.2) is 0 Å². The first-order valence-electron chi connectivity index (χ1n) is 13.6. The third-order valence-electron chi connectivity index (χ3n) is 6.61. The summed E-state index contributed by atoms with van der Waals surface area (Å²) in [5, 5.41) is 5.99. The molecule has 0 saturated heterocycles. The quantitative estimate of drug-likeness (QED) is 0.125.